The fourth-order valence-corrected chi connectivity index (χ4v) is 1.94. The van der Waals surface area contributed by atoms with E-state index in [2.05, 4.69) is 10.1 Å². The number of rotatable bonds is 4. The molecule has 0 N–H and O–H groups in total. The van der Waals surface area contributed by atoms with Gasteiger partial charge in [-0.2, -0.15) is 5.10 Å². The Morgan fingerprint density at radius 2 is 2.05 bits per heavy atom. The van der Waals surface area contributed by atoms with E-state index in [1.54, 1.807) is 43.1 Å². The molecule has 6 nitrogen and oxygen atoms in total. The maximum Gasteiger partial charge on any atom is 0.357 e. The molecule has 118 valence electrons. The fourth-order valence-electron chi connectivity index (χ4n) is 1.94. The van der Waals surface area contributed by atoms with Gasteiger partial charge in [0.25, 0.3) is 0 Å². The second-order valence-corrected chi connectivity index (χ2v) is 5.85. The van der Waals surface area contributed by atoms with Gasteiger partial charge in [-0.25, -0.2) is 14.5 Å². The van der Waals surface area contributed by atoms with Crippen molar-refractivity contribution in [2.45, 2.75) is 33.1 Å². The summed E-state index contributed by atoms with van der Waals surface area (Å²) in [4.78, 5) is 16.3. The second-order valence-electron chi connectivity index (χ2n) is 5.85. The normalized spacial score (nSPS) is 11.3. The third-order valence-electron chi connectivity index (χ3n) is 3.13. The molecule has 0 fully saturated rings. The summed E-state index contributed by atoms with van der Waals surface area (Å²) < 4.78 is 11.8. The summed E-state index contributed by atoms with van der Waals surface area (Å²) in [5.74, 6) is 0.0568. The first-order chi connectivity index (χ1) is 10.4. The van der Waals surface area contributed by atoms with E-state index >= 15 is 0 Å². The van der Waals surface area contributed by atoms with Gasteiger partial charge in [-0.1, -0.05) is 20.8 Å². The number of methoxy groups -OCH3 is 1. The quantitative estimate of drug-likeness (QED) is 0.813. The molecule has 0 saturated carbocycles. The highest BCUT2D eigenvalue weighted by Crippen LogP contribution is 2.24. The first-order valence-electron chi connectivity index (χ1n) is 7.15. The van der Waals surface area contributed by atoms with Gasteiger partial charge in [-0.3, -0.25) is 0 Å². The molecule has 0 aliphatic heterocycles. The number of hydrogen-bond donors (Lipinski definition) is 0. The smallest absolute Gasteiger partial charge is 0.357 e. The molecule has 2 aromatic heterocycles. The molecular weight excluding hydrogens is 282 g/mol. The van der Waals surface area contributed by atoms with Gasteiger partial charge in [0.05, 0.1) is 25.1 Å². The molecule has 0 bridgehead atoms. The predicted octanol–water partition coefficient (Wildman–Crippen LogP) is 2.75. The zero-order valence-electron chi connectivity index (χ0n) is 13.6. The molecule has 0 amide bonds. The summed E-state index contributed by atoms with van der Waals surface area (Å²) in [6.45, 7) is 8.22. The molecule has 0 aromatic carbocycles. The molecule has 0 atom stereocenters. The topological polar surface area (TPSA) is 66.2 Å². The number of carbonyl (C=O) groups is 1. The number of esters is 1. The maximum absolute atomic E-state index is 12.2. The van der Waals surface area contributed by atoms with Crippen molar-refractivity contribution >= 4 is 5.97 Å². The van der Waals surface area contributed by atoms with Crippen LogP contribution in [0.2, 0.25) is 0 Å². The summed E-state index contributed by atoms with van der Waals surface area (Å²) in [5.41, 5.74) is 1.72. The Hall–Kier alpha value is -2.37. The Kier molecular flexibility index (Phi) is 4.49. The van der Waals surface area contributed by atoms with Crippen LogP contribution in [0.25, 0.3) is 5.69 Å². The van der Waals surface area contributed by atoms with Crippen LogP contribution in [0.4, 0.5) is 0 Å². The highest BCUT2D eigenvalue weighted by Gasteiger charge is 2.24. The minimum atomic E-state index is -0.402. The minimum absolute atomic E-state index is 0.177. The molecule has 2 rings (SSSR count). The summed E-state index contributed by atoms with van der Waals surface area (Å²) in [6.07, 6.45) is 1.61. The zero-order valence-corrected chi connectivity index (χ0v) is 13.6. The molecule has 2 aromatic rings. The van der Waals surface area contributed by atoms with Gasteiger partial charge in [-0.05, 0) is 19.1 Å². The van der Waals surface area contributed by atoms with Crippen LogP contribution >= 0.6 is 0 Å². The molecule has 0 unspecified atom stereocenters. The van der Waals surface area contributed by atoms with Crippen LogP contribution in [-0.4, -0.2) is 34.5 Å². The van der Waals surface area contributed by atoms with Crippen molar-refractivity contribution in [3.63, 3.8) is 0 Å². The van der Waals surface area contributed by atoms with E-state index < -0.39 is 5.97 Å². The van der Waals surface area contributed by atoms with Crippen molar-refractivity contribution in [3.05, 3.63) is 35.8 Å². The average molecular weight is 303 g/mol. The molecule has 2 heterocycles. The molecule has 0 aliphatic carbocycles. The predicted molar refractivity (Wildman–Crippen MR) is 82.6 cm³/mol. The van der Waals surface area contributed by atoms with Crippen molar-refractivity contribution in [1.82, 2.24) is 14.8 Å². The third kappa shape index (κ3) is 3.27. The summed E-state index contributed by atoms with van der Waals surface area (Å²) in [5, 5.41) is 4.56. The zero-order chi connectivity index (χ0) is 16.3. The molecule has 0 spiro atoms. The Morgan fingerprint density at radius 3 is 2.64 bits per heavy atom. The van der Waals surface area contributed by atoms with Crippen molar-refractivity contribution in [2.75, 3.05) is 13.7 Å². The lowest BCUT2D eigenvalue weighted by atomic mass is 9.92. The third-order valence-corrected chi connectivity index (χ3v) is 3.13. The van der Waals surface area contributed by atoms with Crippen LogP contribution in [0.15, 0.2) is 24.4 Å². The van der Waals surface area contributed by atoms with E-state index in [4.69, 9.17) is 9.47 Å². The van der Waals surface area contributed by atoms with E-state index in [0.29, 0.717) is 23.9 Å². The molecule has 0 saturated heterocycles. The number of carbonyl (C=O) groups excluding carboxylic acids is 1. The van der Waals surface area contributed by atoms with Crippen LogP contribution in [0, 0.1) is 0 Å². The molecule has 6 heteroatoms. The van der Waals surface area contributed by atoms with Gasteiger partial charge >= 0.3 is 5.97 Å². The van der Waals surface area contributed by atoms with Gasteiger partial charge < -0.3 is 9.47 Å². The molecule has 0 radical (unpaired) electrons. The average Bonchev–Trinajstić information content (AvgIpc) is 2.93. The summed E-state index contributed by atoms with van der Waals surface area (Å²) in [7, 11) is 1.54. The molecule has 0 aliphatic rings. The largest absolute Gasteiger partial charge is 0.481 e. The fraction of sp³-hybridized carbons (Fsp3) is 0.438. The summed E-state index contributed by atoms with van der Waals surface area (Å²) >= 11 is 0. The minimum Gasteiger partial charge on any atom is -0.481 e. The highest BCUT2D eigenvalue weighted by atomic mass is 16.5. The van der Waals surface area contributed by atoms with Gasteiger partial charge in [-0.15, -0.1) is 0 Å². The van der Waals surface area contributed by atoms with Crippen LogP contribution in [-0.2, 0) is 10.2 Å². The number of ether oxygens (including phenoxy) is 2. The van der Waals surface area contributed by atoms with Gasteiger partial charge in [0.15, 0.2) is 5.69 Å². The van der Waals surface area contributed by atoms with E-state index in [-0.39, 0.29) is 5.41 Å². The van der Waals surface area contributed by atoms with E-state index in [9.17, 15) is 4.79 Å². The SMILES string of the molecule is CCOC(=O)c1cc(C(C)(C)C)nn1-c1ccnc(OC)c1. The van der Waals surface area contributed by atoms with Crippen LogP contribution in [0.5, 0.6) is 5.88 Å². The second kappa shape index (κ2) is 6.17. The number of nitrogens with zero attached hydrogens (tertiary/aromatic N) is 3. The van der Waals surface area contributed by atoms with Crippen LogP contribution in [0.3, 0.4) is 0 Å². The van der Waals surface area contributed by atoms with Gasteiger partial charge in [0.1, 0.15) is 0 Å². The van der Waals surface area contributed by atoms with E-state index in [1.165, 1.54) is 0 Å². The van der Waals surface area contributed by atoms with E-state index in [0.717, 1.165) is 5.69 Å². The number of pyridine rings is 1. The van der Waals surface area contributed by atoms with Gasteiger partial charge in [0.2, 0.25) is 5.88 Å². The number of aromatic nitrogens is 3. The first kappa shape index (κ1) is 16.0. The lowest BCUT2D eigenvalue weighted by Crippen LogP contribution is -2.13. The molecular formula is C16H21N3O3. The van der Waals surface area contributed by atoms with E-state index in [1.807, 2.05) is 20.8 Å². The van der Waals surface area contributed by atoms with Crippen LogP contribution in [0.1, 0.15) is 43.9 Å². The van der Waals surface area contributed by atoms with Gasteiger partial charge in [0, 0.05) is 17.7 Å². The van der Waals surface area contributed by atoms with Crippen molar-refractivity contribution in [2.24, 2.45) is 0 Å². The maximum atomic E-state index is 12.2. The Morgan fingerprint density at radius 1 is 1.32 bits per heavy atom. The van der Waals surface area contributed by atoms with Crippen molar-refractivity contribution in [3.8, 4) is 11.6 Å². The van der Waals surface area contributed by atoms with Crippen molar-refractivity contribution < 1.29 is 14.3 Å². The Balaban J connectivity index is 2.56. The van der Waals surface area contributed by atoms with Crippen molar-refractivity contribution in [1.29, 1.82) is 0 Å². The first-order valence-corrected chi connectivity index (χ1v) is 7.15. The van der Waals surface area contributed by atoms with Crippen LogP contribution < -0.4 is 4.74 Å². The lowest BCUT2D eigenvalue weighted by Gasteiger charge is -2.14. The monoisotopic (exact) mass is 303 g/mol. The molecule has 22 heavy (non-hydrogen) atoms. The number of hydrogen-bond acceptors (Lipinski definition) is 5. The standard InChI is InChI=1S/C16H21N3O3/c1-6-22-15(20)12-10-13(16(2,3)4)18-19(12)11-7-8-17-14(9-11)21-5/h7-10H,6H2,1-5H3. The lowest BCUT2D eigenvalue weighted by molar-refractivity contribution is 0.0515. The Labute approximate surface area is 130 Å². The highest BCUT2D eigenvalue weighted by molar-refractivity contribution is 5.88. The Bertz CT molecular complexity index is 672. The summed E-state index contributed by atoms with van der Waals surface area (Å²) in [6, 6.07) is 5.26.